The van der Waals surface area contributed by atoms with E-state index in [1.807, 2.05) is 24.3 Å². The average Bonchev–Trinajstić information content (AvgIpc) is 2.68. The van der Waals surface area contributed by atoms with Crippen molar-refractivity contribution in [2.75, 3.05) is 0 Å². The van der Waals surface area contributed by atoms with Gasteiger partial charge in [-0.25, -0.2) is 0 Å². The number of benzene rings is 1. The lowest BCUT2D eigenvalue weighted by molar-refractivity contribution is 0.940. The highest BCUT2D eigenvalue weighted by Crippen LogP contribution is 2.32. The summed E-state index contributed by atoms with van der Waals surface area (Å²) in [4.78, 5) is 2.50. The van der Waals surface area contributed by atoms with Crippen LogP contribution in [0.25, 0.3) is 0 Å². The summed E-state index contributed by atoms with van der Waals surface area (Å²) in [5.74, 6) is 0. The number of halogens is 2. The molecular weight excluding hydrogens is 259 g/mol. The van der Waals surface area contributed by atoms with Crippen molar-refractivity contribution in [3.63, 3.8) is 0 Å². The van der Waals surface area contributed by atoms with Crippen LogP contribution >= 0.6 is 34.5 Å². The Kier molecular flexibility index (Phi) is 3.91. The van der Waals surface area contributed by atoms with Gasteiger partial charge in [0, 0.05) is 14.8 Å². The van der Waals surface area contributed by atoms with Crippen LogP contribution in [-0.4, -0.2) is 0 Å². The van der Waals surface area contributed by atoms with E-state index in [1.54, 1.807) is 11.3 Å². The minimum Gasteiger partial charge on any atom is -0.144 e. The summed E-state index contributed by atoms with van der Waals surface area (Å²) in [7, 11) is 0. The molecule has 0 aliphatic carbocycles. The first-order chi connectivity index (χ1) is 7.66. The lowest BCUT2D eigenvalue weighted by atomic mass is 10.1. The highest BCUT2D eigenvalue weighted by Gasteiger charge is 2.12. The minimum atomic E-state index is 0.0126. The van der Waals surface area contributed by atoms with Gasteiger partial charge in [0.15, 0.2) is 0 Å². The molecule has 0 amide bonds. The van der Waals surface area contributed by atoms with E-state index >= 15 is 0 Å². The van der Waals surface area contributed by atoms with Gasteiger partial charge in [-0.05, 0) is 37.1 Å². The molecule has 0 fully saturated rings. The molecule has 0 nitrogen and oxygen atoms in total. The summed E-state index contributed by atoms with van der Waals surface area (Å²) in [5, 5.41) is 0.806. The van der Waals surface area contributed by atoms with Crippen molar-refractivity contribution in [2.45, 2.75) is 18.7 Å². The first-order valence-electron chi connectivity index (χ1n) is 5.10. The maximum absolute atomic E-state index is 6.38. The molecule has 3 heteroatoms. The van der Waals surface area contributed by atoms with Crippen LogP contribution in [0.3, 0.4) is 0 Å². The zero-order valence-corrected chi connectivity index (χ0v) is 11.2. The van der Waals surface area contributed by atoms with Crippen molar-refractivity contribution in [2.24, 2.45) is 0 Å². The molecule has 2 rings (SSSR count). The van der Waals surface area contributed by atoms with Crippen molar-refractivity contribution in [1.29, 1.82) is 0 Å². The Morgan fingerprint density at radius 2 is 1.94 bits per heavy atom. The van der Waals surface area contributed by atoms with Crippen molar-refractivity contribution < 1.29 is 0 Å². The molecule has 16 heavy (non-hydrogen) atoms. The standard InChI is InChI=1S/C13H12Cl2S/c1-9-6-7-13(16-9)12(15)8-10-4-2-3-5-11(10)14/h2-7,12H,8H2,1H3. The molecule has 2 aromatic rings. The van der Waals surface area contributed by atoms with Crippen molar-refractivity contribution in [3.8, 4) is 0 Å². The Morgan fingerprint density at radius 3 is 2.56 bits per heavy atom. The lowest BCUT2D eigenvalue weighted by Crippen LogP contribution is -1.93. The van der Waals surface area contributed by atoms with Crippen molar-refractivity contribution in [3.05, 3.63) is 56.7 Å². The second-order valence-electron chi connectivity index (χ2n) is 3.71. The van der Waals surface area contributed by atoms with Crippen LogP contribution in [0.2, 0.25) is 5.02 Å². The summed E-state index contributed by atoms with van der Waals surface area (Å²) in [6.07, 6.45) is 0.779. The molecule has 84 valence electrons. The molecule has 0 N–H and O–H groups in total. The molecule has 0 saturated carbocycles. The van der Waals surface area contributed by atoms with Gasteiger partial charge in [0.2, 0.25) is 0 Å². The fourth-order valence-electron chi connectivity index (χ4n) is 1.58. The highest BCUT2D eigenvalue weighted by molar-refractivity contribution is 7.12. The van der Waals surface area contributed by atoms with E-state index in [4.69, 9.17) is 23.2 Å². The molecule has 0 radical (unpaired) electrons. The fraction of sp³-hybridized carbons (Fsp3) is 0.231. The predicted molar refractivity (Wildman–Crippen MR) is 72.8 cm³/mol. The lowest BCUT2D eigenvalue weighted by Gasteiger charge is -2.08. The van der Waals surface area contributed by atoms with E-state index in [2.05, 4.69) is 19.1 Å². The molecule has 1 atom stereocenters. The number of rotatable bonds is 3. The Bertz CT molecular complexity index is 476. The van der Waals surface area contributed by atoms with Gasteiger partial charge in [-0.1, -0.05) is 29.8 Å². The molecular formula is C13H12Cl2S. The summed E-state index contributed by atoms with van der Waals surface area (Å²) in [6.45, 7) is 2.09. The van der Waals surface area contributed by atoms with Gasteiger partial charge < -0.3 is 0 Å². The second-order valence-corrected chi connectivity index (χ2v) is 5.96. The summed E-state index contributed by atoms with van der Waals surface area (Å²) >= 11 is 14.2. The van der Waals surface area contributed by atoms with Gasteiger partial charge in [0.05, 0.1) is 5.38 Å². The maximum Gasteiger partial charge on any atom is 0.0719 e. The first-order valence-corrected chi connectivity index (χ1v) is 6.73. The normalized spacial score (nSPS) is 12.7. The summed E-state index contributed by atoms with van der Waals surface area (Å²) < 4.78 is 0. The Balaban J connectivity index is 2.13. The van der Waals surface area contributed by atoms with E-state index in [1.165, 1.54) is 9.75 Å². The third-order valence-corrected chi connectivity index (χ3v) is 4.43. The van der Waals surface area contributed by atoms with Gasteiger partial charge in [-0.15, -0.1) is 22.9 Å². The largest absolute Gasteiger partial charge is 0.144 e. The highest BCUT2D eigenvalue weighted by atomic mass is 35.5. The van der Waals surface area contributed by atoms with Crippen LogP contribution < -0.4 is 0 Å². The third-order valence-electron chi connectivity index (χ3n) is 2.43. The van der Waals surface area contributed by atoms with Crippen LogP contribution in [0, 0.1) is 6.92 Å². The predicted octanol–water partition coefficient (Wildman–Crippen LogP) is 5.23. The zero-order valence-electron chi connectivity index (χ0n) is 8.91. The van der Waals surface area contributed by atoms with Crippen LogP contribution in [0.4, 0.5) is 0 Å². The van der Waals surface area contributed by atoms with Gasteiger partial charge >= 0.3 is 0 Å². The van der Waals surface area contributed by atoms with E-state index in [0.29, 0.717) is 0 Å². The zero-order chi connectivity index (χ0) is 11.5. The van der Waals surface area contributed by atoms with Crippen molar-refractivity contribution >= 4 is 34.5 Å². The van der Waals surface area contributed by atoms with E-state index < -0.39 is 0 Å². The quantitative estimate of drug-likeness (QED) is 0.670. The number of hydrogen-bond donors (Lipinski definition) is 0. The van der Waals surface area contributed by atoms with Gasteiger partial charge in [0.25, 0.3) is 0 Å². The van der Waals surface area contributed by atoms with E-state index in [0.717, 1.165) is 17.0 Å². The Morgan fingerprint density at radius 1 is 1.19 bits per heavy atom. The molecule has 1 aromatic carbocycles. The van der Waals surface area contributed by atoms with Crippen LogP contribution in [0.1, 0.15) is 20.7 Å². The number of alkyl halides is 1. The van der Waals surface area contributed by atoms with Gasteiger partial charge in [0.1, 0.15) is 0 Å². The van der Waals surface area contributed by atoms with E-state index in [9.17, 15) is 0 Å². The molecule has 0 spiro atoms. The van der Waals surface area contributed by atoms with Crippen LogP contribution in [0.5, 0.6) is 0 Å². The SMILES string of the molecule is Cc1ccc(C(Cl)Cc2ccccc2Cl)s1. The summed E-state index contributed by atoms with van der Waals surface area (Å²) in [5.41, 5.74) is 1.11. The average molecular weight is 271 g/mol. The molecule has 1 heterocycles. The molecule has 1 unspecified atom stereocenters. The Hall–Kier alpha value is -0.500. The van der Waals surface area contributed by atoms with Crippen molar-refractivity contribution in [1.82, 2.24) is 0 Å². The second kappa shape index (κ2) is 5.22. The molecule has 0 aliphatic heterocycles. The fourth-order valence-corrected chi connectivity index (χ4v) is 3.02. The number of thiophene rings is 1. The minimum absolute atomic E-state index is 0.0126. The molecule has 0 saturated heterocycles. The van der Waals surface area contributed by atoms with Gasteiger partial charge in [-0.3, -0.25) is 0 Å². The number of hydrogen-bond acceptors (Lipinski definition) is 1. The topological polar surface area (TPSA) is 0 Å². The van der Waals surface area contributed by atoms with E-state index in [-0.39, 0.29) is 5.38 Å². The molecule has 1 aromatic heterocycles. The van der Waals surface area contributed by atoms with Crippen LogP contribution in [-0.2, 0) is 6.42 Å². The molecule has 0 bridgehead atoms. The summed E-state index contributed by atoms with van der Waals surface area (Å²) in [6, 6.07) is 12.0. The van der Waals surface area contributed by atoms with Gasteiger partial charge in [-0.2, -0.15) is 0 Å². The first kappa shape index (κ1) is 12.0. The third kappa shape index (κ3) is 2.79. The smallest absolute Gasteiger partial charge is 0.0719 e. The number of aryl methyl sites for hydroxylation is 1. The maximum atomic E-state index is 6.38. The van der Waals surface area contributed by atoms with Crippen LogP contribution in [0.15, 0.2) is 36.4 Å². The Labute approximate surface area is 110 Å². The molecule has 0 aliphatic rings. The monoisotopic (exact) mass is 270 g/mol.